The lowest BCUT2D eigenvalue weighted by molar-refractivity contribution is 0.201. The summed E-state index contributed by atoms with van der Waals surface area (Å²) in [6.07, 6.45) is 5.18. The molecule has 2 nitrogen and oxygen atoms in total. The van der Waals surface area contributed by atoms with E-state index in [1.165, 1.54) is 24.8 Å². The molecule has 16 heavy (non-hydrogen) atoms. The van der Waals surface area contributed by atoms with Crippen LogP contribution in [0.1, 0.15) is 44.1 Å². The zero-order chi connectivity index (χ0) is 11.4. The van der Waals surface area contributed by atoms with Gasteiger partial charge in [-0.3, -0.25) is 11.3 Å². The van der Waals surface area contributed by atoms with Gasteiger partial charge >= 0.3 is 0 Å². The number of hydrogen-bond acceptors (Lipinski definition) is 2. The van der Waals surface area contributed by atoms with Crippen molar-refractivity contribution in [3.63, 3.8) is 0 Å². The Bertz CT molecular complexity index is 306. The Balaban J connectivity index is 2.13. The quantitative estimate of drug-likeness (QED) is 0.589. The van der Waals surface area contributed by atoms with Gasteiger partial charge in [0.15, 0.2) is 0 Å². The van der Waals surface area contributed by atoms with Crippen LogP contribution in [0.3, 0.4) is 0 Å². The molecule has 2 unspecified atom stereocenters. The van der Waals surface area contributed by atoms with Gasteiger partial charge < -0.3 is 0 Å². The van der Waals surface area contributed by atoms with Gasteiger partial charge in [-0.15, -0.1) is 0 Å². The van der Waals surface area contributed by atoms with Gasteiger partial charge in [0, 0.05) is 12.0 Å². The number of hydrazine groups is 1. The molecule has 0 heterocycles. The third-order valence-corrected chi connectivity index (χ3v) is 3.95. The van der Waals surface area contributed by atoms with Crippen LogP contribution in [-0.4, -0.2) is 6.04 Å². The summed E-state index contributed by atoms with van der Waals surface area (Å²) in [6, 6.07) is 11.2. The van der Waals surface area contributed by atoms with E-state index in [-0.39, 0.29) is 0 Å². The standard InChI is InChI=1S/C14H22N2/c1-2-13(11-7-4-3-5-8-11)14(16-15)12-9-6-10-12/h3-5,7-8,12-14,16H,2,6,9-10,15H2,1H3. The minimum absolute atomic E-state index is 0.446. The number of benzene rings is 1. The molecule has 0 spiro atoms. The predicted molar refractivity (Wildman–Crippen MR) is 67.9 cm³/mol. The van der Waals surface area contributed by atoms with Crippen LogP contribution in [0.4, 0.5) is 0 Å². The third-order valence-electron chi connectivity index (χ3n) is 3.95. The fraction of sp³-hybridized carbons (Fsp3) is 0.571. The van der Waals surface area contributed by atoms with Gasteiger partial charge in [-0.05, 0) is 30.7 Å². The first-order valence-corrected chi connectivity index (χ1v) is 6.38. The maximum Gasteiger partial charge on any atom is 0.0307 e. The van der Waals surface area contributed by atoms with E-state index in [4.69, 9.17) is 5.84 Å². The summed E-state index contributed by atoms with van der Waals surface area (Å²) in [6.45, 7) is 2.25. The van der Waals surface area contributed by atoms with Crippen LogP contribution < -0.4 is 11.3 Å². The van der Waals surface area contributed by atoms with Crippen molar-refractivity contribution in [2.75, 3.05) is 0 Å². The molecule has 1 aliphatic carbocycles. The minimum Gasteiger partial charge on any atom is -0.271 e. The Labute approximate surface area is 98.2 Å². The molecule has 2 atom stereocenters. The number of hydrogen-bond donors (Lipinski definition) is 2. The van der Waals surface area contributed by atoms with Crippen molar-refractivity contribution in [3.05, 3.63) is 35.9 Å². The number of nitrogens with two attached hydrogens (primary N) is 1. The lowest BCUT2D eigenvalue weighted by Crippen LogP contribution is -2.47. The molecule has 0 saturated heterocycles. The summed E-state index contributed by atoms with van der Waals surface area (Å²) in [5.74, 6) is 7.07. The first-order valence-electron chi connectivity index (χ1n) is 6.38. The van der Waals surface area contributed by atoms with Crippen LogP contribution in [0, 0.1) is 5.92 Å². The number of nitrogens with one attached hydrogen (secondary N) is 1. The summed E-state index contributed by atoms with van der Waals surface area (Å²) in [4.78, 5) is 0. The van der Waals surface area contributed by atoms with Gasteiger partial charge in [-0.25, -0.2) is 0 Å². The van der Waals surface area contributed by atoms with E-state index in [0.717, 1.165) is 12.3 Å². The molecular formula is C14H22N2. The summed E-state index contributed by atoms with van der Waals surface area (Å²) in [5.41, 5.74) is 4.47. The van der Waals surface area contributed by atoms with E-state index in [2.05, 4.69) is 42.7 Å². The molecule has 1 aromatic rings. The molecule has 88 valence electrons. The van der Waals surface area contributed by atoms with Crippen molar-refractivity contribution < 1.29 is 0 Å². The Hall–Kier alpha value is -0.860. The smallest absolute Gasteiger partial charge is 0.0307 e. The molecule has 1 fully saturated rings. The molecule has 3 N–H and O–H groups in total. The van der Waals surface area contributed by atoms with Gasteiger partial charge in [-0.1, -0.05) is 43.7 Å². The summed E-state index contributed by atoms with van der Waals surface area (Å²) < 4.78 is 0. The molecule has 1 aliphatic rings. The van der Waals surface area contributed by atoms with Crippen molar-refractivity contribution in [2.24, 2.45) is 11.8 Å². The van der Waals surface area contributed by atoms with Crippen LogP contribution in [0.15, 0.2) is 30.3 Å². The molecule has 1 saturated carbocycles. The van der Waals surface area contributed by atoms with Crippen LogP contribution in [-0.2, 0) is 0 Å². The second-order valence-corrected chi connectivity index (χ2v) is 4.81. The lowest BCUT2D eigenvalue weighted by atomic mass is 9.72. The van der Waals surface area contributed by atoms with Crippen molar-refractivity contribution in [2.45, 2.75) is 44.6 Å². The van der Waals surface area contributed by atoms with E-state index < -0.39 is 0 Å². The van der Waals surface area contributed by atoms with Gasteiger partial charge in [-0.2, -0.15) is 0 Å². The highest BCUT2D eigenvalue weighted by molar-refractivity contribution is 5.21. The molecule has 0 amide bonds. The van der Waals surface area contributed by atoms with Crippen LogP contribution >= 0.6 is 0 Å². The first-order chi connectivity index (χ1) is 7.86. The van der Waals surface area contributed by atoms with Crippen molar-refractivity contribution in [3.8, 4) is 0 Å². The highest BCUT2D eigenvalue weighted by Gasteiger charge is 2.32. The van der Waals surface area contributed by atoms with Gasteiger partial charge in [0.05, 0.1) is 0 Å². The molecule has 1 aromatic carbocycles. The Kier molecular flexibility index (Phi) is 3.97. The van der Waals surface area contributed by atoms with Gasteiger partial charge in [0.25, 0.3) is 0 Å². The van der Waals surface area contributed by atoms with Gasteiger partial charge in [0.1, 0.15) is 0 Å². The topological polar surface area (TPSA) is 38.0 Å². The SMILES string of the molecule is CCC(c1ccccc1)C(NN)C1CCC1. The van der Waals surface area contributed by atoms with Crippen molar-refractivity contribution >= 4 is 0 Å². The minimum atomic E-state index is 0.446. The molecule has 0 bridgehead atoms. The molecule has 0 aliphatic heterocycles. The van der Waals surface area contributed by atoms with Gasteiger partial charge in [0.2, 0.25) is 0 Å². The fourth-order valence-corrected chi connectivity index (χ4v) is 2.78. The summed E-state index contributed by atoms with van der Waals surface area (Å²) in [5, 5.41) is 0. The highest BCUT2D eigenvalue weighted by atomic mass is 15.2. The molecule has 0 aromatic heterocycles. The molecular weight excluding hydrogens is 196 g/mol. The first kappa shape index (κ1) is 11.6. The maximum absolute atomic E-state index is 5.75. The number of rotatable bonds is 5. The average molecular weight is 218 g/mol. The summed E-state index contributed by atoms with van der Waals surface area (Å²) in [7, 11) is 0. The van der Waals surface area contributed by atoms with Crippen LogP contribution in [0.5, 0.6) is 0 Å². The van der Waals surface area contributed by atoms with Crippen molar-refractivity contribution in [1.82, 2.24) is 5.43 Å². The molecule has 0 radical (unpaired) electrons. The monoisotopic (exact) mass is 218 g/mol. The summed E-state index contributed by atoms with van der Waals surface area (Å²) >= 11 is 0. The van der Waals surface area contributed by atoms with Crippen LogP contribution in [0.2, 0.25) is 0 Å². The van der Waals surface area contributed by atoms with E-state index >= 15 is 0 Å². The van der Waals surface area contributed by atoms with E-state index in [9.17, 15) is 0 Å². The van der Waals surface area contributed by atoms with Crippen LogP contribution in [0.25, 0.3) is 0 Å². The largest absolute Gasteiger partial charge is 0.271 e. The second kappa shape index (κ2) is 5.46. The Morgan fingerprint density at radius 3 is 2.44 bits per heavy atom. The Morgan fingerprint density at radius 1 is 1.31 bits per heavy atom. The lowest BCUT2D eigenvalue weighted by Gasteiger charge is -2.38. The normalized spacial score (nSPS) is 20.1. The molecule has 2 heteroatoms. The third kappa shape index (κ3) is 2.28. The fourth-order valence-electron chi connectivity index (χ4n) is 2.78. The predicted octanol–water partition coefficient (Wildman–Crippen LogP) is 2.81. The maximum atomic E-state index is 5.75. The highest BCUT2D eigenvalue weighted by Crippen LogP contribution is 2.37. The zero-order valence-corrected chi connectivity index (χ0v) is 10.0. The van der Waals surface area contributed by atoms with Crippen molar-refractivity contribution in [1.29, 1.82) is 0 Å². The zero-order valence-electron chi connectivity index (χ0n) is 10.0. The van der Waals surface area contributed by atoms with E-state index in [0.29, 0.717) is 12.0 Å². The van der Waals surface area contributed by atoms with E-state index in [1.54, 1.807) is 0 Å². The molecule has 2 rings (SSSR count). The Morgan fingerprint density at radius 2 is 2.00 bits per heavy atom. The second-order valence-electron chi connectivity index (χ2n) is 4.81. The average Bonchev–Trinajstić information content (AvgIpc) is 2.27. The van der Waals surface area contributed by atoms with E-state index in [1.807, 2.05) is 0 Å².